The van der Waals surface area contributed by atoms with Crippen LogP contribution < -0.4 is 0 Å². The van der Waals surface area contributed by atoms with E-state index in [1.165, 1.54) is 0 Å². The lowest BCUT2D eigenvalue weighted by Crippen LogP contribution is -2.30. The molecular formula is C63H92O6. The molecule has 0 heterocycles. The molecule has 1 unspecified atom stereocenters. The largest absolute Gasteiger partial charge is 0.462 e. The predicted octanol–water partition coefficient (Wildman–Crippen LogP) is 17.7. The van der Waals surface area contributed by atoms with Crippen molar-refractivity contribution in [3.05, 3.63) is 182 Å². The molecule has 0 aliphatic heterocycles. The van der Waals surface area contributed by atoms with E-state index in [-0.39, 0.29) is 37.5 Å². The van der Waals surface area contributed by atoms with Crippen LogP contribution in [-0.4, -0.2) is 37.2 Å². The Hall–Kier alpha value is -5.49. The third kappa shape index (κ3) is 53.3. The van der Waals surface area contributed by atoms with Crippen LogP contribution in [0, 0.1) is 0 Å². The first kappa shape index (κ1) is 63.5. The average Bonchev–Trinajstić information content (AvgIpc) is 3.35. The summed E-state index contributed by atoms with van der Waals surface area (Å²) in [6.07, 6.45) is 82.9. The second-order valence-electron chi connectivity index (χ2n) is 16.5. The summed E-state index contributed by atoms with van der Waals surface area (Å²) in [5, 5.41) is 0. The molecule has 0 aromatic heterocycles. The van der Waals surface area contributed by atoms with Crippen molar-refractivity contribution in [1.82, 2.24) is 0 Å². The number of carbonyl (C=O) groups excluding carboxylic acids is 3. The van der Waals surface area contributed by atoms with Crippen molar-refractivity contribution >= 4 is 17.9 Å². The Morgan fingerprint density at radius 3 is 1.00 bits per heavy atom. The molecule has 380 valence electrons. The van der Waals surface area contributed by atoms with Gasteiger partial charge in [0.1, 0.15) is 13.2 Å². The highest BCUT2D eigenvalue weighted by atomic mass is 16.6. The lowest BCUT2D eigenvalue weighted by molar-refractivity contribution is -0.167. The Bertz CT molecular complexity index is 1700. The first-order valence-corrected chi connectivity index (χ1v) is 26.4. The molecule has 0 spiro atoms. The van der Waals surface area contributed by atoms with Crippen LogP contribution in [0.4, 0.5) is 0 Å². The smallest absolute Gasteiger partial charge is 0.306 e. The minimum absolute atomic E-state index is 0.130. The van der Waals surface area contributed by atoms with E-state index >= 15 is 0 Å². The monoisotopic (exact) mass is 945 g/mol. The predicted molar refractivity (Wildman–Crippen MR) is 297 cm³/mol. The average molecular weight is 945 g/mol. The Morgan fingerprint density at radius 1 is 0.304 bits per heavy atom. The minimum Gasteiger partial charge on any atom is -0.462 e. The number of esters is 3. The maximum absolute atomic E-state index is 12.8. The maximum Gasteiger partial charge on any atom is 0.306 e. The summed E-state index contributed by atoms with van der Waals surface area (Å²) in [4.78, 5) is 38.1. The fourth-order valence-corrected chi connectivity index (χ4v) is 6.27. The summed E-state index contributed by atoms with van der Waals surface area (Å²) in [6.45, 7) is 6.12. The van der Waals surface area contributed by atoms with Crippen LogP contribution in [0.15, 0.2) is 182 Å². The van der Waals surface area contributed by atoms with Gasteiger partial charge in [0.2, 0.25) is 0 Å². The molecule has 0 aromatic carbocycles. The van der Waals surface area contributed by atoms with E-state index in [4.69, 9.17) is 14.2 Å². The van der Waals surface area contributed by atoms with Crippen LogP contribution >= 0.6 is 0 Å². The fourth-order valence-electron chi connectivity index (χ4n) is 6.27. The van der Waals surface area contributed by atoms with Crippen LogP contribution in [0.2, 0.25) is 0 Å². The summed E-state index contributed by atoms with van der Waals surface area (Å²) >= 11 is 0. The van der Waals surface area contributed by atoms with Gasteiger partial charge in [-0.15, -0.1) is 0 Å². The van der Waals surface area contributed by atoms with E-state index < -0.39 is 6.10 Å². The molecule has 0 aromatic rings. The van der Waals surface area contributed by atoms with E-state index in [0.717, 1.165) is 128 Å². The molecule has 0 amide bonds. The molecular weight excluding hydrogens is 853 g/mol. The zero-order valence-electron chi connectivity index (χ0n) is 43.2. The third-order valence-corrected chi connectivity index (χ3v) is 10.1. The SMILES string of the molecule is CC\C=C/C=C\C=C/C=C\C=C\C=C/CCCCCC(=O)OC(COC(=O)CCCCC/C=C\C/C=C\C/C=C\C/C=C\C/C=C\CC)COC(=O)CCCCCCC\C=C/C=C\C=C/C=C\CC. The first-order valence-electron chi connectivity index (χ1n) is 26.4. The second kappa shape index (κ2) is 55.1. The molecule has 6 nitrogen and oxygen atoms in total. The molecule has 1 atom stereocenters. The lowest BCUT2D eigenvalue weighted by atomic mass is 10.1. The van der Waals surface area contributed by atoms with Gasteiger partial charge in [-0.25, -0.2) is 0 Å². The van der Waals surface area contributed by atoms with Crippen molar-refractivity contribution in [2.75, 3.05) is 13.2 Å². The number of carbonyl (C=O) groups is 3. The van der Waals surface area contributed by atoms with Crippen LogP contribution in [-0.2, 0) is 28.6 Å². The lowest BCUT2D eigenvalue weighted by Gasteiger charge is -2.18. The molecule has 0 aliphatic carbocycles. The van der Waals surface area contributed by atoms with Gasteiger partial charge in [-0.05, 0) is 103 Å². The van der Waals surface area contributed by atoms with Gasteiger partial charge >= 0.3 is 17.9 Å². The van der Waals surface area contributed by atoms with Gasteiger partial charge in [0, 0.05) is 19.3 Å². The van der Waals surface area contributed by atoms with E-state index in [2.05, 4.69) is 118 Å². The second-order valence-corrected chi connectivity index (χ2v) is 16.5. The Balaban J connectivity index is 4.63. The number of rotatable bonds is 44. The van der Waals surface area contributed by atoms with Crippen LogP contribution in [0.5, 0.6) is 0 Å². The van der Waals surface area contributed by atoms with Crippen molar-refractivity contribution in [3.63, 3.8) is 0 Å². The van der Waals surface area contributed by atoms with Crippen molar-refractivity contribution in [1.29, 1.82) is 0 Å². The topological polar surface area (TPSA) is 78.9 Å². The van der Waals surface area contributed by atoms with E-state index in [9.17, 15) is 14.4 Å². The summed E-state index contributed by atoms with van der Waals surface area (Å²) < 4.78 is 16.7. The summed E-state index contributed by atoms with van der Waals surface area (Å²) in [5.74, 6) is -1.05. The molecule has 0 fully saturated rings. The third-order valence-electron chi connectivity index (χ3n) is 10.1. The van der Waals surface area contributed by atoms with Gasteiger partial charge in [0.25, 0.3) is 0 Å². The number of allylic oxidation sites excluding steroid dienone is 30. The van der Waals surface area contributed by atoms with Gasteiger partial charge in [-0.2, -0.15) is 0 Å². The standard InChI is InChI=1S/C63H92O6/c1-4-7-10-13-16-19-22-25-28-30-31-33-35-38-41-44-47-50-53-56-62(65)68-59-60(58-67-61(64)55-52-49-46-43-40-37-34-27-24-21-18-15-12-9-6-3)69-63(66)57-54-51-48-45-42-39-36-32-29-26-23-20-17-14-11-8-5-2/h7-12,14-21,23-29,31-34,36,38-39,41-42,60H,4-6,13,22,30,35,37,40,43-59H2,1-3H3/b10-7-,11-8-,12-9-,17-14-,18-15-,19-16-,23-20-,24-21-,28-25-,29-26-,33-31-,34-27-,36-32+,41-38-,42-39-. The van der Waals surface area contributed by atoms with Crippen LogP contribution in [0.1, 0.15) is 175 Å². The van der Waals surface area contributed by atoms with E-state index in [0.29, 0.717) is 19.3 Å². The number of ether oxygens (including phenoxy) is 3. The quantitative estimate of drug-likeness (QED) is 0.0199. The van der Waals surface area contributed by atoms with Gasteiger partial charge in [-0.1, -0.05) is 235 Å². The highest BCUT2D eigenvalue weighted by Gasteiger charge is 2.19. The highest BCUT2D eigenvalue weighted by molar-refractivity contribution is 5.71. The maximum atomic E-state index is 12.8. The Kier molecular flexibility index (Phi) is 50.7. The minimum atomic E-state index is -0.837. The van der Waals surface area contributed by atoms with Gasteiger partial charge in [0.05, 0.1) is 0 Å². The Labute approximate surface area is 421 Å². The van der Waals surface area contributed by atoms with Crippen molar-refractivity contribution in [2.45, 2.75) is 181 Å². The van der Waals surface area contributed by atoms with Crippen LogP contribution in [0.3, 0.4) is 0 Å². The molecule has 0 bridgehead atoms. The van der Waals surface area contributed by atoms with Crippen molar-refractivity contribution in [3.8, 4) is 0 Å². The van der Waals surface area contributed by atoms with Crippen LogP contribution in [0.25, 0.3) is 0 Å². The van der Waals surface area contributed by atoms with E-state index in [1.54, 1.807) is 0 Å². The number of unbranched alkanes of at least 4 members (excludes halogenated alkanes) is 11. The summed E-state index contributed by atoms with van der Waals surface area (Å²) in [5.41, 5.74) is 0. The fraction of sp³-hybridized carbons (Fsp3) is 0.476. The normalized spacial score (nSPS) is 13.6. The molecule has 0 saturated carbocycles. The van der Waals surface area contributed by atoms with Crippen molar-refractivity contribution in [2.24, 2.45) is 0 Å². The number of hydrogen-bond donors (Lipinski definition) is 0. The van der Waals surface area contributed by atoms with Crippen molar-refractivity contribution < 1.29 is 28.6 Å². The zero-order valence-corrected chi connectivity index (χ0v) is 43.2. The van der Waals surface area contributed by atoms with Gasteiger partial charge in [-0.3, -0.25) is 14.4 Å². The molecule has 0 saturated heterocycles. The van der Waals surface area contributed by atoms with Gasteiger partial charge < -0.3 is 14.2 Å². The first-order chi connectivity index (χ1) is 34.0. The molecule has 69 heavy (non-hydrogen) atoms. The molecule has 0 aliphatic rings. The number of hydrogen-bond acceptors (Lipinski definition) is 6. The highest BCUT2D eigenvalue weighted by Crippen LogP contribution is 2.12. The van der Waals surface area contributed by atoms with E-state index in [1.807, 2.05) is 85.1 Å². The summed E-state index contributed by atoms with van der Waals surface area (Å²) in [6, 6.07) is 0. The Morgan fingerprint density at radius 2 is 0.594 bits per heavy atom. The molecule has 6 heteroatoms. The van der Waals surface area contributed by atoms with Gasteiger partial charge in [0.15, 0.2) is 6.10 Å². The molecule has 0 radical (unpaired) electrons. The molecule has 0 rings (SSSR count). The molecule has 0 N–H and O–H groups in total. The zero-order chi connectivity index (χ0) is 50.0. The summed E-state index contributed by atoms with van der Waals surface area (Å²) in [7, 11) is 0.